The van der Waals surface area contributed by atoms with Gasteiger partial charge in [0.2, 0.25) is 0 Å². The van der Waals surface area contributed by atoms with Gasteiger partial charge < -0.3 is 9.47 Å². The lowest BCUT2D eigenvalue weighted by Crippen LogP contribution is -2.37. The van der Waals surface area contributed by atoms with Gasteiger partial charge in [0, 0.05) is 87.0 Å². The molecule has 4 aromatic rings. The summed E-state index contributed by atoms with van der Waals surface area (Å²) in [7, 11) is 0. The number of nitrogens with zero attached hydrogens (tertiary/aromatic N) is 4. The van der Waals surface area contributed by atoms with Crippen LogP contribution in [0.4, 0.5) is 17.6 Å². The third kappa shape index (κ3) is 6.40. The average molecular weight is 967 g/mol. The molecule has 2 saturated carbocycles. The molecule has 2 unspecified atom stereocenters. The highest BCUT2D eigenvalue weighted by molar-refractivity contribution is 7.14. The molecule has 0 saturated heterocycles. The number of thiophene rings is 2. The number of hydrogen-bond donors (Lipinski definition) is 0. The predicted molar refractivity (Wildman–Crippen MR) is 255 cm³/mol. The van der Waals surface area contributed by atoms with Crippen LogP contribution in [0.5, 0.6) is 0 Å². The Bertz CT molecular complexity index is 3340. The molecule has 8 nitrogen and oxygen atoms in total. The van der Waals surface area contributed by atoms with Crippen LogP contribution in [-0.2, 0) is 20.7 Å². The third-order valence-corrected chi connectivity index (χ3v) is 17.2. The number of benzene rings is 2. The summed E-state index contributed by atoms with van der Waals surface area (Å²) in [6.07, 6.45) is 20.8. The van der Waals surface area contributed by atoms with Gasteiger partial charge in [0.05, 0.1) is 25.3 Å². The summed E-state index contributed by atoms with van der Waals surface area (Å²) in [6.45, 7) is 15.4. The number of carbonyl (C=O) groups is 2. The summed E-state index contributed by atoms with van der Waals surface area (Å²) in [4.78, 5) is 37.9. The minimum atomic E-state index is -1.20. The van der Waals surface area contributed by atoms with Crippen LogP contribution in [0.3, 0.4) is 0 Å². The Hall–Kier alpha value is -7.62. The molecule has 2 spiro atoms. The second-order valence-corrected chi connectivity index (χ2v) is 20.9. The highest BCUT2D eigenvalue weighted by Gasteiger charge is 2.49. The molecule has 8 aliphatic rings. The second-order valence-electron chi connectivity index (χ2n) is 18.8. The van der Waals surface area contributed by atoms with Crippen molar-refractivity contribution in [1.29, 1.82) is 10.5 Å². The van der Waals surface area contributed by atoms with Gasteiger partial charge in [-0.25, -0.2) is 37.8 Å². The van der Waals surface area contributed by atoms with Crippen molar-refractivity contribution in [3.8, 4) is 12.1 Å². The van der Waals surface area contributed by atoms with E-state index in [2.05, 4.69) is 34.0 Å². The molecule has 0 radical (unpaired) electrons. The summed E-state index contributed by atoms with van der Waals surface area (Å²) in [6, 6.07) is 11.1. The molecular weight excluding hydrogens is 933 g/mol. The summed E-state index contributed by atoms with van der Waals surface area (Å²) < 4.78 is 72.5. The van der Waals surface area contributed by atoms with Gasteiger partial charge in [-0.05, 0) is 123 Å². The molecule has 12 rings (SSSR count). The van der Waals surface area contributed by atoms with Crippen molar-refractivity contribution in [3.63, 3.8) is 0 Å². The number of ether oxygens (including phenoxy) is 2. The number of Topliss-reactive ketones (excluding diaryl/α,β-unsaturated/α-hetero) is 2. The van der Waals surface area contributed by atoms with E-state index >= 15 is 0 Å². The molecule has 2 atom stereocenters. The maximum Gasteiger partial charge on any atom is 0.270 e. The Labute approximate surface area is 407 Å². The zero-order chi connectivity index (χ0) is 48.4. The Morgan fingerprint density at radius 2 is 0.957 bits per heavy atom. The molecule has 0 bridgehead atoms. The van der Waals surface area contributed by atoms with E-state index in [-0.39, 0.29) is 56.4 Å². The van der Waals surface area contributed by atoms with Crippen molar-refractivity contribution in [2.45, 2.75) is 75.4 Å². The Morgan fingerprint density at radius 3 is 1.31 bits per heavy atom. The van der Waals surface area contributed by atoms with Crippen LogP contribution < -0.4 is 0 Å². The first-order chi connectivity index (χ1) is 33.9. The molecule has 0 amide bonds. The molecule has 342 valence electrons. The van der Waals surface area contributed by atoms with E-state index in [4.69, 9.17) is 22.6 Å². The van der Waals surface area contributed by atoms with Crippen LogP contribution in [0.1, 0.15) is 127 Å². The van der Waals surface area contributed by atoms with Gasteiger partial charge in [0.1, 0.15) is 22.7 Å². The van der Waals surface area contributed by atoms with E-state index in [0.29, 0.717) is 9.75 Å². The van der Waals surface area contributed by atoms with Crippen molar-refractivity contribution in [1.82, 2.24) is 0 Å². The van der Waals surface area contributed by atoms with Crippen LogP contribution in [-0.4, -0.2) is 11.6 Å². The van der Waals surface area contributed by atoms with Crippen LogP contribution in [0.25, 0.3) is 44.1 Å². The summed E-state index contributed by atoms with van der Waals surface area (Å²) >= 11 is 2.92. The molecule has 2 aliphatic heterocycles. The fraction of sp³-hybridized carbons (Fsp3) is 0.250. The minimum Gasteiger partial charge on any atom is -0.482 e. The summed E-state index contributed by atoms with van der Waals surface area (Å²) in [5.74, 6) is -4.81. The molecule has 4 heterocycles. The molecule has 2 aromatic heterocycles. The normalized spacial score (nSPS) is 24.3. The third-order valence-electron chi connectivity index (χ3n) is 14.9. The van der Waals surface area contributed by atoms with Gasteiger partial charge in [-0.2, -0.15) is 0 Å². The first kappa shape index (κ1) is 43.6. The van der Waals surface area contributed by atoms with Crippen molar-refractivity contribution in [2.75, 3.05) is 0 Å². The molecule has 0 N–H and O–H groups in total. The zero-order valence-corrected chi connectivity index (χ0v) is 38.5. The fourth-order valence-electron chi connectivity index (χ4n) is 11.8. The molecule has 2 aromatic carbocycles. The van der Waals surface area contributed by atoms with Crippen molar-refractivity contribution < 1.29 is 36.6 Å². The number of nitriles is 2. The highest BCUT2D eigenvalue weighted by atomic mass is 32.1. The zero-order valence-electron chi connectivity index (χ0n) is 36.9. The molecular formula is C56H34F4N4O4S2. The summed E-state index contributed by atoms with van der Waals surface area (Å²) in [5, 5.41) is 19.9. The van der Waals surface area contributed by atoms with E-state index in [9.17, 15) is 37.7 Å². The smallest absolute Gasteiger partial charge is 0.270 e. The number of ketones is 2. The van der Waals surface area contributed by atoms with Gasteiger partial charge in [0.15, 0.2) is 34.8 Å². The lowest BCUT2D eigenvalue weighted by atomic mass is 9.72. The number of rotatable bonds is 2. The molecule has 6 aliphatic carbocycles. The maximum atomic E-state index is 14.6. The van der Waals surface area contributed by atoms with Gasteiger partial charge in [-0.1, -0.05) is 25.0 Å². The van der Waals surface area contributed by atoms with Crippen LogP contribution in [0.15, 0.2) is 94.8 Å². The van der Waals surface area contributed by atoms with Crippen molar-refractivity contribution >= 4 is 68.7 Å². The first-order valence-electron chi connectivity index (χ1n) is 23.0. The largest absolute Gasteiger partial charge is 0.482 e. The summed E-state index contributed by atoms with van der Waals surface area (Å²) in [5.41, 5.74) is 1.42. The maximum absolute atomic E-state index is 14.6. The Kier molecular flexibility index (Phi) is 9.96. The molecule has 2 fully saturated rings. The first-order valence-corrected chi connectivity index (χ1v) is 24.6. The van der Waals surface area contributed by atoms with Gasteiger partial charge in [-0.3, -0.25) is 9.59 Å². The molecule has 70 heavy (non-hydrogen) atoms. The number of fused-ring (bicyclic) bond motifs is 11. The Morgan fingerprint density at radius 1 is 0.586 bits per heavy atom. The standard InChI is InChI=1S/C56H34F4N4O4S2/c1-63-45(25-61)49-31-21-41(57)43(59)23-33(31)51(65)37(49)17-29-19-39-53(69-29)35-13-27-16-48-36(14-28(27)15-47(35)67-55(39)9-5-3-6-10-55)54-40(56(68-48)11-7-4-8-12-56)20-30(70-54)18-38-50(46(26-62)64-2)32-22-42(58)44(60)24-34(32)52(38)66/h13-24,27-28H,3-12H2/b37-17-,38-18-,49-45-,50-46+. The van der Waals surface area contributed by atoms with Gasteiger partial charge >= 0.3 is 0 Å². The molecule has 14 heteroatoms. The van der Waals surface area contributed by atoms with E-state index < -0.39 is 57.4 Å². The number of hydrogen-bond acceptors (Lipinski definition) is 8. The number of allylic oxidation sites excluding steroid dienone is 12. The number of halogens is 4. The SMILES string of the molecule is [C-]#[N+]/C(C#N)=C1\C(=C\c2cc3c(s2)C2=CC4C=C5OC6(CCCCC6)c6cc(/C=C7\C(=O)c8cc(F)c(F)cc8\C7=C(\C#N)[N+]#[C-])sc6C5=CC4C=C2OC32CCCCC2)C(=O)c2cc(F)c(F)cc21. The van der Waals surface area contributed by atoms with E-state index in [1.165, 1.54) is 22.7 Å². The van der Waals surface area contributed by atoms with E-state index in [1.807, 2.05) is 24.3 Å². The van der Waals surface area contributed by atoms with Crippen LogP contribution >= 0.6 is 22.7 Å². The lowest BCUT2D eigenvalue weighted by molar-refractivity contribution is -0.0339. The topological polar surface area (TPSA) is 109 Å². The van der Waals surface area contributed by atoms with E-state index in [1.54, 1.807) is 12.2 Å². The highest BCUT2D eigenvalue weighted by Crippen LogP contribution is 2.59. The lowest BCUT2D eigenvalue weighted by Gasteiger charge is -2.46. The van der Waals surface area contributed by atoms with Crippen LogP contribution in [0.2, 0.25) is 0 Å². The van der Waals surface area contributed by atoms with Crippen LogP contribution in [0, 0.1) is 70.9 Å². The predicted octanol–water partition coefficient (Wildman–Crippen LogP) is 14.1. The average Bonchev–Trinajstić information content (AvgIpc) is 4.12. The monoisotopic (exact) mass is 966 g/mol. The van der Waals surface area contributed by atoms with E-state index in [0.717, 1.165) is 132 Å². The quantitative estimate of drug-likeness (QED) is 0.0857. The van der Waals surface area contributed by atoms with Crippen molar-refractivity contribution in [2.24, 2.45) is 11.8 Å². The van der Waals surface area contributed by atoms with Gasteiger partial charge in [0.25, 0.3) is 11.4 Å². The second kappa shape index (κ2) is 16.0. The van der Waals surface area contributed by atoms with Gasteiger partial charge in [-0.15, -0.1) is 22.7 Å². The Balaban J connectivity index is 0.960. The number of carbonyl (C=O) groups excluding carboxylic acids is 2. The van der Waals surface area contributed by atoms with Crippen molar-refractivity contribution in [3.05, 3.63) is 194 Å². The minimum absolute atomic E-state index is 0.00516. The fourth-order valence-corrected chi connectivity index (χ4v) is 14.2.